The Morgan fingerprint density at radius 3 is 2.38 bits per heavy atom. The summed E-state index contributed by atoms with van der Waals surface area (Å²) in [5.74, 6) is 0.854. The van der Waals surface area contributed by atoms with Crippen LogP contribution in [0.1, 0.15) is 21.5 Å². The molecule has 2 aromatic carbocycles. The fourth-order valence-corrected chi connectivity index (χ4v) is 2.59. The summed E-state index contributed by atoms with van der Waals surface area (Å²) in [7, 11) is 1.62. The highest BCUT2D eigenvalue weighted by Crippen LogP contribution is 2.21. The number of nitrogens with one attached hydrogen (secondary N) is 1. The number of amides is 2. The number of benzene rings is 2. The zero-order valence-corrected chi connectivity index (χ0v) is 13.4. The fourth-order valence-electron chi connectivity index (χ4n) is 2.59. The zero-order valence-electron chi connectivity index (χ0n) is 13.4. The molecule has 126 valence electrons. The Balaban J connectivity index is 0.000000471. The maximum atomic E-state index is 12.5. The van der Waals surface area contributed by atoms with Crippen molar-refractivity contribution in [1.82, 2.24) is 10.4 Å². The minimum atomic E-state index is 0.0853. The third-order valence-corrected chi connectivity index (χ3v) is 3.81. The summed E-state index contributed by atoms with van der Waals surface area (Å²) in [5, 5.41) is 7.26. The number of hydrogen-bond acceptors (Lipinski definition) is 4. The molecule has 0 spiro atoms. The van der Waals surface area contributed by atoms with Crippen LogP contribution < -0.4 is 10.2 Å². The Kier molecular flexibility index (Phi) is 6.33. The molecule has 0 unspecified atom stereocenters. The number of hydroxylamine groups is 1. The van der Waals surface area contributed by atoms with Gasteiger partial charge in [0.15, 0.2) is 0 Å². The summed E-state index contributed by atoms with van der Waals surface area (Å²) < 4.78 is 5.12. The van der Waals surface area contributed by atoms with Crippen molar-refractivity contribution < 1.29 is 19.5 Å². The SMILES string of the molecule is COc1ccc(C(=O)N2CCc3ccccc3C2)cc1.O=CNO. The van der Waals surface area contributed by atoms with E-state index in [1.165, 1.54) is 16.6 Å². The summed E-state index contributed by atoms with van der Waals surface area (Å²) in [6.45, 7) is 1.48. The molecule has 0 atom stereocenters. The summed E-state index contributed by atoms with van der Waals surface area (Å²) in [4.78, 5) is 23.2. The number of fused-ring (bicyclic) bond motifs is 1. The molecule has 6 heteroatoms. The van der Waals surface area contributed by atoms with E-state index in [4.69, 9.17) is 14.7 Å². The third kappa shape index (κ3) is 4.33. The van der Waals surface area contributed by atoms with Crippen molar-refractivity contribution in [2.45, 2.75) is 13.0 Å². The van der Waals surface area contributed by atoms with E-state index in [1.807, 2.05) is 35.2 Å². The number of hydrogen-bond donors (Lipinski definition) is 2. The standard InChI is InChI=1S/C17H17NO2.CH3NO2/c1-20-16-8-6-14(7-9-16)17(19)18-11-10-13-4-2-3-5-15(13)12-18;3-1-2-4/h2-9H,10-12H2,1H3;1,4H,(H,2,3). The first-order chi connectivity index (χ1) is 11.7. The maximum Gasteiger partial charge on any atom is 0.254 e. The summed E-state index contributed by atoms with van der Waals surface area (Å²) >= 11 is 0. The van der Waals surface area contributed by atoms with Gasteiger partial charge in [0.1, 0.15) is 5.75 Å². The Morgan fingerprint density at radius 1 is 1.17 bits per heavy atom. The van der Waals surface area contributed by atoms with Gasteiger partial charge in [-0.15, -0.1) is 0 Å². The quantitative estimate of drug-likeness (QED) is 0.513. The molecule has 1 aliphatic rings. The minimum absolute atomic E-state index is 0.0853. The normalized spacial score (nSPS) is 12.3. The Morgan fingerprint density at radius 2 is 1.79 bits per heavy atom. The average Bonchev–Trinajstić information content (AvgIpc) is 2.67. The number of carbonyl (C=O) groups is 2. The van der Waals surface area contributed by atoms with Crippen molar-refractivity contribution in [3.05, 3.63) is 65.2 Å². The van der Waals surface area contributed by atoms with Crippen molar-refractivity contribution in [3.8, 4) is 5.75 Å². The van der Waals surface area contributed by atoms with Crippen LogP contribution in [-0.4, -0.2) is 36.1 Å². The second-order valence-corrected chi connectivity index (χ2v) is 5.22. The highest BCUT2D eigenvalue weighted by atomic mass is 16.5. The molecule has 0 radical (unpaired) electrons. The van der Waals surface area contributed by atoms with Gasteiger partial charge in [-0.2, -0.15) is 0 Å². The molecule has 2 aromatic rings. The van der Waals surface area contributed by atoms with Gasteiger partial charge in [0.05, 0.1) is 7.11 Å². The molecule has 1 heterocycles. The Labute approximate surface area is 140 Å². The van der Waals surface area contributed by atoms with Crippen molar-refractivity contribution in [2.75, 3.05) is 13.7 Å². The second-order valence-electron chi connectivity index (χ2n) is 5.22. The van der Waals surface area contributed by atoms with Crippen LogP contribution in [-0.2, 0) is 17.8 Å². The molecule has 0 aliphatic carbocycles. The van der Waals surface area contributed by atoms with Gasteiger partial charge >= 0.3 is 0 Å². The van der Waals surface area contributed by atoms with Crippen LogP contribution in [0.2, 0.25) is 0 Å². The molecule has 2 N–H and O–H groups in total. The molecule has 3 rings (SSSR count). The molecule has 0 bridgehead atoms. The van der Waals surface area contributed by atoms with Crippen molar-refractivity contribution in [2.24, 2.45) is 0 Å². The average molecular weight is 328 g/mol. The van der Waals surface area contributed by atoms with Crippen LogP contribution in [0.15, 0.2) is 48.5 Å². The number of nitrogens with zero attached hydrogens (tertiary/aromatic N) is 1. The summed E-state index contributed by atoms with van der Waals surface area (Å²) in [6, 6.07) is 15.6. The number of rotatable bonds is 3. The van der Waals surface area contributed by atoms with Crippen LogP contribution in [0.5, 0.6) is 5.75 Å². The highest BCUT2D eigenvalue weighted by Gasteiger charge is 2.21. The van der Waals surface area contributed by atoms with E-state index in [0.717, 1.165) is 18.7 Å². The van der Waals surface area contributed by atoms with E-state index in [0.29, 0.717) is 12.1 Å². The first kappa shape index (κ1) is 17.5. The largest absolute Gasteiger partial charge is 0.497 e. The monoisotopic (exact) mass is 328 g/mol. The van der Waals surface area contributed by atoms with E-state index in [1.54, 1.807) is 7.11 Å². The Hall–Kier alpha value is -2.86. The van der Waals surface area contributed by atoms with Gasteiger partial charge in [-0.3, -0.25) is 14.8 Å². The number of ether oxygens (including phenoxy) is 1. The lowest BCUT2D eigenvalue weighted by Gasteiger charge is -2.29. The first-order valence-electron chi connectivity index (χ1n) is 7.53. The summed E-state index contributed by atoms with van der Waals surface area (Å²) in [6.07, 6.45) is 1.11. The van der Waals surface area contributed by atoms with Gasteiger partial charge in [-0.1, -0.05) is 24.3 Å². The molecule has 0 aromatic heterocycles. The van der Waals surface area contributed by atoms with E-state index < -0.39 is 0 Å². The van der Waals surface area contributed by atoms with Gasteiger partial charge in [-0.05, 0) is 41.8 Å². The lowest BCUT2D eigenvalue weighted by molar-refractivity contribution is -0.116. The van der Waals surface area contributed by atoms with E-state index in [9.17, 15) is 4.79 Å². The second kappa shape index (κ2) is 8.69. The molecule has 0 saturated heterocycles. The molecular formula is C18H20N2O4. The first-order valence-corrected chi connectivity index (χ1v) is 7.53. The van der Waals surface area contributed by atoms with E-state index in [-0.39, 0.29) is 12.3 Å². The molecule has 1 aliphatic heterocycles. The highest BCUT2D eigenvalue weighted by molar-refractivity contribution is 5.94. The molecule has 24 heavy (non-hydrogen) atoms. The molecule has 0 fully saturated rings. The Bertz CT molecular complexity index is 686. The minimum Gasteiger partial charge on any atom is -0.497 e. The van der Waals surface area contributed by atoms with Gasteiger partial charge < -0.3 is 9.64 Å². The zero-order chi connectivity index (χ0) is 17.4. The number of carbonyl (C=O) groups excluding carboxylic acids is 2. The topological polar surface area (TPSA) is 78.9 Å². The molecule has 0 saturated carbocycles. The molecular weight excluding hydrogens is 308 g/mol. The van der Waals surface area contributed by atoms with Crippen LogP contribution in [0, 0.1) is 0 Å². The fraction of sp³-hybridized carbons (Fsp3) is 0.222. The van der Waals surface area contributed by atoms with Crippen molar-refractivity contribution in [3.63, 3.8) is 0 Å². The van der Waals surface area contributed by atoms with Crippen LogP contribution in [0.25, 0.3) is 0 Å². The van der Waals surface area contributed by atoms with Gasteiger partial charge in [0, 0.05) is 18.7 Å². The van der Waals surface area contributed by atoms with E-state index >= 15 is 0 Å². The lowest BCUT2D eigenvalue weighted by atomic mass is 9.99. The van der Waals surface area contributed by atoms with Gasteiger partial charge in [0.25, 0.3) is 5.91 Å². The van der Waals surface area contributed by atoms with Gasteiger partial charge in [-0.25, -0.2) is 5.48 Å². The van der Waals surface area contributed by atoms with Crippen molar-refractivity contribution in [1.29, 1.82) is 0 Å². The smallest absolute Gasteiger partial charge is 0.254 e. The predicted octanol–water partition coefficient (Wildman–Crippen LogP) is 2.02. The number of methoxy groups -OCH3 is 1. The molecule has 6 nitrogen and oxygen atoms in total. The maximum absolute atomic E-state index is 12.5. The predicted molar refractivity (Wildman–Crippen MR) is 88.9 cm³/mol. The van der Waals surface area contributed by atoms with Crippen molar-refractivity contribution >= 4 is 12.3 Å². The van der Waals surface area contributed by atoms with Crippen LogP contribution >= 0.6 is 0 Å². The molecule has 2 amide bonds. The van der Waals surface area contributed by atoms with Gasteiger partial charge in [0.2, 0.25) is 6.41 Å². The summed E-state index contributed by atoms with van der Waals surface area (Å²) in [5.41, 5.74) is 4.57. The van der Waals surface area contributed by atoms with E-state index in [2.05, 4.69) is 18.2 Å². The van der Waals surface area contributed by atoms with Crippen LogP contribution in [0.4, 0.5) is 0 Å². The lowest BCUT2D eigenvalue weighted by Crippen LogP contribution is -2.35. The van der Waals surface area contributed by atoms with Crippen LogP contribution in [0.3, 0.4) is 0 Å². The third-order valence-electron chi connectivity index (χ3n) is 3.81.